The monoisotopic (exact) mass is 332 g/mol. The largest absolute Gasteiger partial charge is 0.323 e. The summed E-state index contributed by atoms with van der Waals surface area (Å²) in [5.41, 5.74) is 0.338. The lowest BCUT2D eigenvalue weighted by Gasteiger charge is -2.31. The molecule has 0 amide bonds. The zero-order valence-corrected chi connectivity index (χ0v) is 18.8. The van der Waals surface area contributed by atoms with Gasteiger partial charge in [0.25, 0.3) is 0 Å². The number of hydrogen-bond acceptors (Lipinski definition) is 1. The van der Waals surface area contributed by atoms with E-state index in [-0.39, 0.29) is 0 Å². The van der Waals surface area contributed by atoms with E-state index in [1.807, 2.05) is 0 Å². The normalized spacial score (nSPS) is 32.2. The van der Waals surface area contributed by atoms with Crippen LogP contribution in [-0.2, 0) is 0 Å². The second-order valence-electron chi connectivity index (χ2n) is 10.3. The third kappa shape index (κ3) is 3.34. The van der Waals surface area contributed by atoms with Crippen LogP contribution in [0.2, 0.25) is 39.3 Å². The molecule has 1 rings (SSSR count). The summed E-state index contributed by atoms with van der Waals surface area (Å²) in [6, 6.07) is 0. The Kier molecular flexibility index (Phi) is 4.49. The van der Waals surface area contributed by atoms with Crippen LogP contribution in [0.3, 0.4) is 0 Å². The molecule has 0 aromatic rings. The Morgan fingerprint density at radius 2 is 1.25 bits per heavy atom. The Bertz CT molecular complexity index is 407. The quantitative estimate of drug-likeness (QED) is 0.331. The molecule has 0 bridgehead atoms. The molecule has 0 saturated carbocycles. The Balaban J connectivity index is 3.58. The van der Waals surface area contributed by atoms with Gasteiger partial charge in [-0.1, -0.05) is 80.8 Å². The zero-order chi connectivity index (χ0) is 16.4. The minimum atomic E-state index is -1.43. The second-order valence-corrected chi connectivity index (χ2v) is 24.2. The molecule has 3 atom stereocenters. The maximum Gasteiger partial charge on any atom is 0.172 e. The lowest BCUT2D eigenvalue weighted by atomic mass is 9.97. The molecular weight excluding hydrogens is 295 g/mol. The van der Waals surface area contributed by atoms with Crippen molar-refractivity contribution in [3.05, 3.63) is 0 Å². The molecule has 5 heteroatoms. The van der Waals surface area contributed by atoms with E-state index in [1.165, 1.54) is 0 Å². The van der Waals surface area contributed by atoms with Gasteiger partial charge in [0.1, 0.15) is 8.24 Å². The lowest BCUT2D eigenvalue weighted by Crippen LogP contribution is -2.36. The molecule has 0 aliphatic carbocycles. The van der Waals surface area contributed by atoms with Crippen LogP contribution in [0.5, 0.6) is 0 Å². The van der Waals surface area contributed by atoms with Gasteiger partial charge in [-0.3, -0.25) is 4.34 Å². The molecule has 20 heavy (non-hydrogen) atoms. The van der Waals surface area contributed by atoms with Crippen LogP contribution in [0.15, 0.2) is 4.41 Å². The van der Waals surface area contributed by atoms with Crippen LogP contribution < -0.4 is 0 Å². The van der Waals surface area contributed by atoms with Crippen molar-refractivity contribution in [1.29, 1.82) is 0 Å². The van der Waals surface area contributed by atoms with Crippen molar-refractivity contribution in [1.82, 2.24) is 4.34 Å². The SMILES string of the molecule is CC(C)(C)C1N([Si](C)(C)C)P1(=N[Si](C)(C)C)C(C)(C)C. The highest BCUT2D eigenvalue weighted by Crippen LogP contribution is 2.86. The predicted octanol–water partition coefficient (Wildman–Crippen LogP) is 6.26. The number of nitrogens with zero attached hydrogens (tertiary/aromatic N) is 2. The fourth-order valence-corrected chi connectivity index (χ4v) is 20.4. The van der Waals surface area contributed by atoms with E-state index in [0.717, 1.165) is 0 Å². The smallest absolute Gasteiger partial charge is 0.172 e. The molecule has 2 nitrogen and oxygen atoms in total. The van der Waals surface area contributed by atoms with Gasteiger partial charge in [0, 0.05) is 12.4 Å². The first kappa shape index (κ1) is 18.7. The molecule has 0 aromatic carbocycles. The standard InChI is InChI=1S/C15H37N2PSi2/c1-14(2,3)13-17(20(10,11)12)18(13,15(4,5)6)16-19(7,8)9/h13H,1-12H3. The van der Waals surface area contributed by atoms with Crippen LogP contribution in [0.1, 0.15) is 41.5 Å². The van der Waals surface area contributed by atoms with E-state index in [9.17, 15) is 0 Å². The molecule has 0 aromatic heterocycles. The summed E-state index contributed by atoms with van der Waals surface area (Å²) in [5.74, 6) is 0.702. The van der Waals surface area contributed by atoms with Crippen LogP contribution in [0.4, 0.5) is 0 Å². The summed E-state index contributed by atoms with van der Waals surface area (Å²) in [5, 5.41) is 0.311. The zero-order valence-electron chi connectivity index (χ0n) is 15.9. The van der Waals surface area contributed by atoms with Crippen LogP contribution in [0, 0.1) is 5.41 Å². The molecule has 1 fully saturated rings. The highest BCUT2D eigenvalue weighted by molar-refractivity contribution is 7.76. The lowest BCUT2D eigenvalue weighted by molar-refractivity contribution is 0.374. The maximum atomic E-state index is 5.63. The van der Waals surface area contributed by atoms with Crippen molar-refractivity contribution >= 4 is 23.7 Å². The van der Waals surface area contributed by atoms with Gasteiger partial charge in [-0.05, 0) is 5.41 Å². The van der Waals surface area contributed by atoms with Gasteiger partial charge in [-0.15, -0.1) is 0 Å². The van der Waals surface area contributed by atoms with E-state index < -0.39 is 23.7 Å². The summed E-state index contributed by atoms with van der Waals surface area (Å²) in [6.07, 6.45) is 0. The first-order valence-electron chi connectivity index (χ1n) is 7.88. The molecular formula is C15H37N2PSi2. The molecule has 120 valence electrons. The molecule has 0 spiro atoms. The molecule has 0 radical (unpaired) electrons. The number of rotatable bonds is 2. The van der Waals surface area contributed by atoms with Crippen molar-refractivity contribution in [2.45, 2.75) is 91.8 Å². The fourth-order valence-electron chi connectivity index (χ4n) is 3.38. The first-order valence-corrected chi connectivity index (χ1v) is 16.5. The van der Waals surface area contributed by atoms with Crippen molar-refractivity contribution in [3.8, 4) is 0 Å². The van der Waals surface area contributed by atoms with Crippen LogP contribution in [-0.4, -0.2) is 31.7 Å². The van der Waals surface area contributed by atoms with E-state index in [4.69, 9.17) is 4.41 Å². The van der Waals surface area contributed by atoms with Gasteiger partial charge >= 0.3 is 0 Å². The topological polar surface area (TPSA) is 15.4 Å². The summed E-state index contributed by atoms with van der Waals surface area (Å²) in [4.78, 5) is 0. The maximum absolute atomic E-state index is 5.63. The van der Waals surface area contributed by atoms with Gasteiger partial charge in [-0.2, -0.15) is 0 Å². The van der Waals surface area contributed by atoms with E-state index >= 15 is 0 Å². The van der Waals surface area contributed by atoms with E-state index in [0.29, 0.717) is 16.4 Å². The molecule has 1 heterocycles. The first-order chi connectivity index (χ1) is 8.45. The molecule has 1 aliphatic heterocycles. The third-order valence-corrected chi connectivity index (χ3v) is 16.2. The van der Waals surface area contributed by atoms with Crippen molar-refractivity contribution in [2.24, 2.45) is 9.83 Å². The summed E-state index contributed by atoms with van der Waals surface area (Å²) >= 11 is 0. The average molecular weight is 333 g/mol. The predicted molar refractivity (Wildman–Crippen MR) is 101 cm³/mol. The summed E-state index contributed by atoms with van der Waals surface area (Å²) < 4.78 is 8.56. The van der Waals surface area contributed by atoms with Gasteiger partial charge in [0.2, 0.25) is 0 Å². The Hall–Kier alpha value is 0.624. The molecule has 0 N–H and O–H groups in total. The highest BCUT2D eigenvalue weighted by Gasteiger charge is 2.69. The van der Waals surface area contributed by atoms with Crippen molar-refractivity contribution in [2.75, 3.05) is 0 Å². The fraction of sp³-hybridized carbons (Fsp3) is 1.00. The van der Waals surface area contributed by atoms with Gasteiger partial charge < -0.3 is 4.41 Å². The van der Waals surface area contributed by atoms with Crippen LogP contribution >= 0.6 is 7.21 Å². The minimum absolute atomic E-state index is 0.311. The summed E-state index contributed by atoms with van der Waals surface area (Å²) in [6.45, 7) is 29.3. The molecule has 3 unspecified atom stereocenters. The summed E-state index contributed by atoms with van der Waals surface area (Å²) in [7, 11) is -4.14. The van der Waals surface area contributed by atoms with Crippen molar-refractivity contribution in [3.63, 3.8) is 0 Å². The Morgan fingerprint density at radius 1 is 0.850 bits per heavy atom. The second kappa shape index (κ2) is 4.81. The number of hydrogen-bond donors (Lipinski definition) is 0. The van der Waals surface area contributed by atoms with E-state index in [2.05, 4.69) is 85.2 Å². The average Bonchev–Trinajstić information content (AvgIpc) is 2.67. The van der Waals surface area contributed by atoms with E-state index in [1.54, 1.807) is 0 Å². The molecule has 1 saturated heterocycles. The van der Waals surface area contributed by atoms with Crippen LogP contribution in [0.25, 0.3) is 0 Å². The Labute approximate surface area is 130 Å². The highest BCUT2D eigenvalue weighted by atomic mass is 31.2. The van der Waals surface area contributed by atoms with Gasteiger partial charge in [-0.25, -0.2) is 0 Å². The Morgan fingerprint density at radius 3 is 1.40 bits per heavy atom. The van der Waals surface area contributed by atoms with Crippen molar-refractivity contribution < 1.29 is 0 Å². The molecule has 1 aliphatic rings. The van der Waals surface area contributed by atoms with Gasteiger partial charge in [0.15, 0.2) is 8.24 Å². The third-order valence-electron chi connectivity index (χ3n) is 3.75. The minimum Gasteiger partial charge on any atom is -0.323 e. The van der Waals surface area contributed by atoms with Gasteiger partial charge in [0.05, 0.1) is 5.78 Å².